The molecule has 1 aromatic heterocycles. The van der Waals surface area contributed by atoms with Crippen LogP contribution in [0.1, 0.15) is 18.0 Å². The van der Waals surface area contributed by atoms with Gasteiger partial charge < -0.3 is 9.85 Å². The number of likely N-dealkylation sites (N-methyl/N-ethyl adjacent to an activating group) is 1. The highest BCUT2D eigenvalue weighted by Crippen LogP contribution is 2.30. The maximum Gasteiger partial charge on any atom is 0.134 e. The van der Waals surface area contributed by atoms with Gasteiger partial charge in [0.2, 0.25) is 0 Å². The van der Waals surface area contributed by atoms with Crippen molar-refractivity contribution in [2.45, 2.75) is 12.5 Å². The Morgan fingerprint density at radius 3 is 3.07 bits per heavy atom. The van der Waals surface area contributed by atoms with Gasteiger partial charge in [-0.1, -0.05) is 6.08 Å². The standard InChI is InChI=1S/C11H14N2O/c1-13(14)8-3-2-6-11(13)10-5-4-7-12-9-10/h2,4-7,9,11H,3,8H2,1H3/t11-,13?/m0/s1. The fourth-order valence-corrected chi connectivity index (χ4v) is 1.85. The first-order valence-corrected chi connectivity index (χ1v) is 4.83. The Bertz CT molecular complexity index is 332. The molecule has 3 heteroatoms. The Labute approximate surface area is 83.9 Å². The Kier molecular flexibility index (Phi) is 2.35. The van der Waals surface area contributed by atoms with Crippen molar-refractivity contribution < 1.29 is 4.65 Å². The SMILES string of the molecule is C[N+]1([O-])CCC=C[C@H]1c1cccnc1. The van der Waals surface area contributed by atoms with Crippen LogP contribution >= 0.6 is 0 Å². The summed E-state index contributed by atoms with van der Waals surface area (Å²) >= 11 is 0. The van der Waals surface area contributed by atoms with Crippen LogP contribution in [0.3, 0.4) is 0 Å². The number of pyridine rings is 1. The minimum Gasteiger partial charge on any atom is -0.632 e. The van der Waals surface area contributed by atoms with Crippen LogP contribution in [-0.2, 0) is 0 Å². The minimum absolute atomic E-state index is 0.0857. The van der Waals surface area contributed by atoms with Crippen LogP contribution in [0.5, 0.6) is 0 Å². The van der Waals surface area contributed by atoms with Crippen molar-refractivity contribution in [1.82, 2.24) is 4.98 Å². The van der Waals surface area contributed by atoms with Gasteiger partial charge in [-0.05, 0) is 18.2 Å². The Morgan fingerprint density at radius 1 is 1.57 bits per heavy atom. The highest BCUT2D eigenvalue weighted by atomic mass is 16.5. The average Bonchev–Trinajstić information content (AvgIpc) is 2.18. The molecule has 0 saturated carbocycles. The topological polar surface area (TPSA) is 36.0 Å². The zero-order chi connectivity index (χ0) is 10.0. The van der Waals surface area contributed by atoms with E-state index >= 15 is 0 Å². The fourth-order valence-electron chi connectivity index (χ4n) is 1.85. The van der Waals surface area contributed by atoms with Gasteiger partial charge in [-0.3, -0.25) is 4.98 Å². The van der Waals surface area contributed by atoms with Crippen molar-refractivity contribution in [1.29, 1.82) is 0 Å². The van der Waals surface area contributed by atoms with Crippen molar-refractivity contribution >= 4 is 0 Å². The number of aromatic nitrogens is 1. The molecule has 0 aromatic carbocycles. The summed E-state index contributed by atoms with van der Waals surface area (Å²) < 4.78 is -0.220. The second kappa shape index (κ2) is 3.52. The lowest BCUT2D eigenvalue weighted by atomic mass is 10.0. The molecule has 0 spiro atoms. The number of rotatable bonds is 1. The second-order valence-corrected chi connectivity index (χ2v) is 3.85. The maximum absolute atomic E-state index is 12.1. The summed E-state index contributed by atoms with van der Waals surface area (Å²) in [7, 11) is 1.72. The third-order valence-electron chi connectivity index (χ3n) is 2.67. The highest BCUT2D eigenvalue weighted by molar-refractivity contribution is 5.18. The van der Waals surface area contributed by atoms with E-state index in [4.69, 9.17) is 0 Å². The van der Waals surface area contributed by atoms with Gasteiger partial charge in [-0.25, -0.2) is 0 Å². The normalized spacial score (nSPS) is 31.7. The van der Waals surface area contributed by atoms with E-state index in [1.807, 2.05) is 18.2 Å². The van der Waals surface area contributed by atoms with Crippen LogP contribution in [0.2, 0.25) is 0 Å². The van der Waals surface area contributed by atoms with Gasteiger partial charge in [0.1, 0.15) is 6.04 Å². The first-order chi connectivity index (χ1) is 6.70. The molecule has 1 unspecified atom stereocenters. The molecule has 1 aliphatic rings. The summed E-state index contributed by atoms with van der Waals surface area (Å²) in [4.78, 5) is 4.04. The third-order valence-corrected chi connectivity index (χ3v) is 2.67. The van der Waals surface area contributed by atoms with Gasteiger partial charge >= 0.3 is 0 Å². The summed E-state index contributed by atoms with van der Waals surface area (Å²) in [5, 5.41) is 12.1. The molecule has 0 aliphatic carbocycles. The first-order valence-electron chi connectivity index (χ1n) is 4.83. The molecule has 2 atom stereocenters. The average molecular weight is 190 g/mol. The largest absolute Gasteiger partial charge is 0.632 e. The van der Waals surface area contributed by atoms with E-state index in [0.29, 0.717) is 6.54 Å². The smallest absolute Gasteiger partial charge is 0.134 e. The molecule has 0 N–H and O–H groups in total. The molecule has 0 fully saturated rings. The Balaban J connectivity index is 2.33. The molecule has 1 aliphatic heterocycles. The molecular formula is C11H14N2O. The zero-order valence-corrected chi connectivity index (χ0v) is 8.26. The van der Waals surface area contributed by atoms with Crippen molar-refractivity contribution in [3.8, 4) is 0 Å². The molecule has 0 bridgehead atoms. The van der Waals surface area contributed by atoms with Crippen LogP contribution < -0.4 is 0 Å². The second-order valence-electron chi connectivity index (χ2n) is 3.85. The van der Waals surface area contributed by atoms with Gasteiger partial charge in [0.15, 0.2) is 0 Å². The summed E-state index contributed by atoms with van der Waals surface area (Å²) in [6, 6.07) is 3.75. The monoisotopic (exact) mass is 190 g/mol. The molecule has 1 aromatic rings. The molecule has 74 valence electrons. The molecule has 0 saturated heterocycles. The molecule has 3 nitrogen and oxygen atoms in total. The van der Waals surface area contributed by atoms with Gasteiger partial charge in [-0.15, -0.1) is 0 Å². The lowest BCUT2D eigenvalue weighted by molar-refractivity contribution is -0.886. The highest BCUT2D eigenvalue weighted by Gasteiger charge is 2.25. The summed E-state index contributed by atoms with van der Waals surface area (Å²) in [5.74, 6) is 0. The van der Waals surface area contributed by atoms with Crippen LogP contribution in [0.25, 0.3) is 0 Å². The number of hydrogen-bond acceptors (Lipinski definition) is 2. The molecular weight excluding hydrogens is 176 g/mol. The fraction of sp³-hybridized carbons (Fsp3) is 0.364. The molecule has 2 rings (SSSR count). The summed E-state index contributed by atoms with van der Waals surface area (Å²) in [5.41, 5.74) is 1.00. The van der Waals surface area contributed by atoms with E-state index in [9.17, 15) is 5.21 Å². The van der Waals surface area contributed by atoms with E-state index in [1.165, 1.54) is 0 Å². The zero-order valence-electron chi connectivity index (χ0n) is 8.26. The van der Waals surface area contributed by atoms with Crippen molar-refractivity contribution in [3.05, 3.63) is 47.4 Å². The van der Waals surface area contributed by atoms with Gasteiger partial charge in [-0.2, -0.15) is 0 Å². The van der Waals surface area contributed by atoms with Crippen LogP contribution in [-0.4, -0.2) is 23.2 Å². The summed E-state index contributed by atoms with van der Waals surface area (Å²) in [6.45, 7) is 0.649. The third kappa shape index (κ3) is 1.69. The predicted molar refractivity (Wildman–Crippen MR) is 55.2 cm³/mol. The molecule has 0 amide bonds. The number of quaternary nitrogens is 1. The number of hydroxylamine groups is 3. The van der Waals surface area contributed by atoms with Gasteiger partial charge in [0.25, 0.3) is 0 Å². The van der Waals surface area contributed by atoms with Crippen LogP contribution in [0.15, 0.2) is 36.7 Å². The van der Waals surface area contributed by atoms with Crippen LogP contribution in [0, 0.1) is 5.21 Å². The number of hydrogen-bond donors (Lipinski definition) is 0. The Hall–Kier alpha value is -1.19. The van der Waals surface area contributed by atoms with Crippen LogP contribution in [0.4, 0.5) is 0 Å². The van der Waals surface area contributed by atoms with Gasteiger partial charge in [0.05, 0.1) is 13.6 Å². The van der Waals surface area contributed by atoms with E-state index in [2.05, 4.69) is 11.1 Å². The van der Waals surface area contributed by atoms with E-state index < -0.39 is 0 Å². The molecule has 2 heterocycles. The molecule has 14 heavy (non-hydrogen) atoms. The maximum atomic E-state index is 12.1. The van der Waals surface area contributed by atoms with E-state index in [-0.39, 0.29) is 10.7 Å². The van der Waals surface area contributed by atoms with Crippen molar-refractivity contribution in [2.24, 2.45) is 0 Å². The first kappa shape index (κ1) is 9.37. The van der Waals surface area contributed by atoms with E-state index in [1.54, 1.807) is 19.4 Å². The Morgan fingerprint density at radius 2 is 2.43 bits per heavy atom. The lowest BCUT2D eigenvalue weighted by Gasteiger charge is -2.46. The van der Waals surface area contributed by atoms with Crippen molar-refractivity contribution in [2.75, 3.05) is 13.6 Å². The molecule has 0 radical (unpaired) electrons. The summed E-state index contributed by atoms with van der Waals surface area (Å²) in [6.07, 6.45) is 8.44. The predicted octanol–water partition coefficient (Wildman–Crippen LogP) is 2.03. The van der Waals surface area contributed by atoms with Gasteiger partial charge in [0, 0.05) is 24.4 Å². The minimum atomic E-state index is -0.220. The van der Waals surface area contributed by atoms with E-state index in [0.717, 1.165) is 12.0 Å². The number of nitrogens with zero attached hydrogens (tertiary/aromatic N) is 2. The quantitative estimate of drug-likeness (QED) is 0.386. The van der Waals surface area contributed by atoms with Crippen molar-refractivity contribution in [3.63, 3.8) is 0 Å². The lowest BCUT2D eigenvalue weighted by Crippen LogP contribution is -2.42.